The maximum atomic E-state index is 13.8. The van der Waals surface area contributed by atoms with Crippen molar-refractivity contribution in [3.63, 3.8) is 0 Å². The predicted octanol–water partition coefficient (Wildman–Crippen LogP) is 5.49. The van der Waals surface area contributed by atoms with E-state index in [1.165, 1.54) is 31.0 Å². The molecule has 11 heteroatoms. The lowest BCUT2D eigenvalue weighted by molar-refractivity contribution is -0.137. The first kappa shape index (κ1) is 29.8. The predicted molar refractivity (Wildman–Crippen MR) is 156 cm³/mol. The van der Waals surface area contributed by atoms with E-state index in [1.54, 1.807) is 48.1 Å². The molecular formula is C32H31F3N6O2. The first-order chi connectivity index (χ1) is 20.7. The number of carbonyl (C=O) groups is 1. The average molecular weight is 589 g/mol. The van der Waals surface area contributed by atoms with E-state index < -0.39 is 23.2 Å². The molecule has 0 atom stereocenters. The van der Waals surface area contributed by atoms with Crippen molar-refractivity contribution in [3.8, 4) is 28.7 Å². The van der Waals surface area contributed by atoms with E-state index in [0.29, 0.717) is 34.7 Å². The third-order valence-corrected chi connectivity index (χ3v) is 7.67. The van der Waals surface area contributed by atoms with Crippen molar-refractivity contribution < 1.29 is 18.0 Å². The smallest absolute Gasteiger partial charge is 0.352 e. The highest BCUT2D eigenvalue weighted by Gasteiger charge is 2.31. The standard InChI is InChI=1S/C32H31F3N6O2/c1-22-27(29-13-15-38-41(29)25-11-9-23(21-36)10-12-25)20-28(30(42)37-14-2-3-16-39-17-4-5-18-39)31(43)40(22)26-8-6-7-24(19-26)32(33,34)35/h6-13,15,19-20H,2-5,14,16-18H2,1H3,(H,37,42). The summed E-state index contributed by atoms with van der Waals surface area (Å²) in [5, 5.41) is 16.4. The van der Waals surface area contributed by atoms with Crippen LogP contribution in [-0.4, -0.2) is 51.3 Å². The van der Waals surface area contributed by atoms with E-state index in [2.05, 4.69) is 21.4 Å². The number of carbonyl (C=O) groups excluding carboxylic acids is 1. The Balaban J connectivity index is 1.54. The van der Waals surface area contributed by atoms with Crippen LogP contribution in [0.15, 0.2) is 71.7 Å². The van der Waals surface area contributed by atoms with Crippen LogP contribution in [0.4, 0.5) is 13.2 Å². The number of nitrogens with one attached hydrogen (secondary N) is 1. The molecule has 0 radical (unpaired) electrons. The molecule has 1 aliphatic heterocycles. The Morgan fingerprint density at radius 3 is 2.47 bits per heavy atom. The first-order valence-corrected chi connectivity index (χ1v) is 14.2. The third kappa shape index (κ3) is 6.54. The summed E-state index contributed by atoms with van der Waals surface area (Å²) in [6.45, 7) is 5.11. The summed E-state index contributed by atoms with van der Waals surface area (Å²) >= 11 is 0. The quantitative estimate of drug-likeness (QED) is 0.261. The molecule has 8 nitrogen and oxygen atoms in total. The summed E-state index contributed by atoms with van der Waals surface area (Å²) in [5.41, 5.74) is 0.550. The molecule has 2 aromatic heterocycles. The second kappa shape index (κ2) is 12.7. The molecule has 43 heavy (non-hydrogen) atoms. The van der Waals surface area contributed by atoms with Crippen LogP contribution in [-0.2, 0) is 6.18 Å². The molecule has 0 bridgehead atoms. The van der Waals surface area contributed by atoms with Crippen LogP contribution in [0.25, 0.3) is 22.6 Å². The highest BCUT2D eigenvalue weighted by molar-refractivity contribution is 5.95. The van der Waals surface area contributed by atoms with Gasteiger partial charge in [-0.15, -0.1) is 0 Å². The molecular weight excluding hydrogens is 557 g/mol. The summed E-state index contributed by atoms with van der Waals surface area (Å²) in [5.74, 6) is -0.599. The maximum Gasteiger partial charge on any atom is 0.416 e. The van der Waals surface area contributed by atoms with Crippen molar-refractivity contribution in [1.82, 2.24) is 24.6 Å². The molecule has 1 fully saturated rings. The van der Waals surface area contributed by atoms with Crippen molar-refractivity contribution >= 4 is 5.91 Å². The number of pyridine rings is 1. The number of amides is 1. The number of rotatable bonds is 9. The zero-order valence-electron chi connectivity index (χ0n) is 23.7. The fourth-order valence-corrected chi connectivity index (χ4v) is 5.41. The van der Waals surface area contributed by atoms with Gasteiger partial charge in [0.15, 0.2) is 0 Å². The summed E-state index contributed by atoms with van der Waals surface area (Å²) in [4.78, 5) is 29.5. The molecule has 0 aliphatic carbocycles. The number of hydrogen-bond donors (Lipinski definition) is 1. The lowest BCUT2D eigenvalue weighted by atomic mass is 10.0. The monoisotopic (exact) mass is 588 g/mol. The van der Waals surface area contributed by atoms with E-state index in [4.69, 9.17) is 0 Å². The number of halogens is 3. The van der Waals surface area contributed by atoms with E-state index in [0.717, 1.165) is 49.2 Å². The van der Waals surface area contributed by atoms with Crippen molar-refractivity contribution in [2.24, 2.45) is 0 Å². The van der Waals surface area contributed by atoms with Gasteiger partial charge in [0.25, 0.3) is 11.5 Å². The molecule has 1 saturated heterocycles. The van der Waals surface area contributed by atoms with E-state index >= 15 is 0 Å². The normalized spacial score (nSPS) is 13.7. The summed E-state index contributed by atoms with van der Waals surface area (Å²) in [7, 11) is 0. The van der Waals surface area contributed by atoms with Gasteiger partial charge < -0.3 is 10.2 Å². The number of alkyl halides is 3. The van der Waals surface area contributed by atoms with Gasteiger partial charge in [-0.1, -0.05) is 6.07 Å². The van der Waals surface area contributed by atoms with Gasteiger partial charge in [0.1, 0.15) is 5.56 Å². The number of hydrogen-bond acceptors (Lipinski definition) is 5. The van der Waals surface area contributed by atoms with Gasteiger partial charge in [0, 0.05) is 23.5 Å². The van der Waals surface area contributed by atoms with Crippen molar-refractivity contribution in [3.05, 3.63) is 99.6 Å². The summed E-state index contributed by atoms with van der Waals surface area (Å²) in [6, 6.07) is 16.4. The van der Waals surface area contributed by atoms with Crippen LogP contribution in [0.1, 0.15) is 52.9 Å². The number of nitrogens with zero attached hydrogens (tertiary/aromatic N) is 5. The minimum absolute atomic E-state index is 0.0109. The van der Waals surface area contributed by atoms with Gasteiger partial charge >= 0.3 is 6.18 Å². The van der Waals surface area contributed by atoms with E-state index in [-0.39, 0.29) is 11.3 Å². The molecule has 1 aliphatic rings. The fourth-order valence-electron chi connectivity index (χ4n) is 5.41. The van der Waals surface area contributed by atoms with Gasteiger partial charge in [0.2, 0.25) is 0 Å². The number of aromatic nitrogens is 3. The molecule has 2 aromatic carbocycles. The van der Waals surface area contributed by atoms with Crippen LogP contribution in [0.3, 0.4) is 0 Å². The average Bonchev–Trinajstić information content (AvgIpc) is 3.70. The van der Waals surface area contributed by atoms with E-state index in [1.807, 2.05) is 0 Å². The second-order valence-corrected chi connectivity index (χ2v) is 10.5. The lowest BCUT2D eigenvalue weighted by Crippen LogP contribution is -2.34. The molecule has 3 heterocycles. The second-order valence-electron chi connectivity index (χ2n) is 10.5. The zero-order chi connectivity index (χ0) is 30.6. The van der Waals surface area contributed by atoms with Crippen LogP contribution in [0.2, 0.25) is 0 Å². The Bertz CT molecular complexity index is 1710. The molecule has 0 saturated carbocycles. The summed E-state index contributed by atoms with van der Waals surface area (Å²) < 4.78 is 43.5. The minimum atomic E-state index is -4.62. The molecule has 4 aromatic rings. The Labute approximate surface area is 247 Å². The van der Waals surface area contributed by atoms with Gasteiger partial charge in [-0.2, -0.15) is 23.5 Å². The van der Waals surface area contributed by atoms with Gasteiger partial charge in [0.05, 0.1) is 34.8 Å². The SMILES string of the molecule is Cc1c(-c2ccnn2-c2ccc(C#N)cc2)cc(C(=O)NCCCCN2CCCC2)c(=O)n1-c1cccc(C(F)(F)F)c1. The van der Waals surface area contributed by atoms with Crippen LogP contribution < -0.4 is 10.9 Å². The van der Waals surface area contributed by atoms with Crippen molar-refractivity contribution in [2.45, 2.75) is 38.8 Å². The van der Waals surface area contributed by atoms with Gasteiger partial charge in [-0.25, -0.2) is 4.68 Å². The third-order valence-electron chi connectivity index (χ3n) is 7.67. The van der Waals surface area contributed by atoms with Crippen molar-refractivity contribution in [2.75, 3.05) is 26.2 Å². The summed E-state index contributed by atoms with van der Waals surface area (Å²) in [6.07, 6.45) is 0.969. The number of likely N-dealkylation sites (tertiary alicyclic amines) is 1. The Morgan fingerprint density at radius 2 is 1.77 bits per heavy atom. The van der Waals surface area contributed by atoms with Crippen LogP contribution >= 0.6 is 0 Å². The molecule has 1 amide bonds. The molecule has 0 unspecified atom stereocenters. The zero-order valence-corrected chi connectivity index (χ0v) is 23.7. The van der Waals surface area contributed by atoms with Crippen LogP contribution in [0.5, 0.6) is 0 Å². The molecule has 5 rings (SSSR count). The van der Waals surface area contributed by atoms with Crippen molar-refractivity contribution in [1.29, 1.82) is 5.26 Å². The highest BCUT2D eigenvalue weighted by Crippen LogP contribution is 2.32. The Kier molecular flexibility index (Phi) is 8.78. The largest absolute Gasteiger partial charge is 0.416 e. The van der Waals surface area contributed by atoms with Gasteiger partial charge in [-0.05, 0) is 107 Å². The van der Waals surface area contributed by atoms with Gasteiger partial charge in [-0.3, -0.25) is 14.2 Å². The fraction of sp³-hybridized carbons (Fsp3) is 0.312. The molecule has 0 spiro atoms. The minimum Gasteiger partial charge on any atom is -0.352 e. The number of benzene rings is 2. The Morgan fingerprint density at radius 1 is 1.02 bits per heavy atom. The Hall–Kier alpha value is -4.69. The topological polar surface area (TPSA) is 95.9 Å². The molecule has 222 valence electrons. The molecule has 1 N–H and O–H groups in total. The number of unbranched alkanes of at least 4 members (excludes halogenated alkanes) is 1. The first-order valence-electron chi connectivity index (χ1n) is 14.2. The van der Waals surface area contributed by atoms with E-state index in [9.17, 15) is 28.0 Å². The lowest BCUT2D eigenvalue weighted by Gasteiger charge is -2.19. The van der Waals surface area contributed by atoms with Crippen LogP contribution in [0, 0.1) is 18.3 Å². The maximum absolute atomic E-state index is 13.8. The number of nitriles is 1. The highest BCUT2D eigenvalue weighted by atomic mass is 19.4.